The molecule has 146 valence electrons. The highest BCUT2D eigenvalue weighted by Crippen LogP contribution is 2.31. The third-order valence-electron chi connectivity index (χ3n) is 4.77. The Morgan fingerprint density at radius 2 is 1.79 bits per heavy atom. The number of aromatic nitrogens is 2. The van der Waals surface area contributed by atoms with Gasteiger partial charge in [-0.2, -0.15) is 5.10 Å². The van der Waals surface area contributed by atoms with Crippen molar-refractivity contribution in [1.82, 2.24) is 9.78 Å². The van der Waals surface area contributed by atoms with Crippen molar-refractivity contribution < 1.29 is 5.11 Å². The molecule has 1 heterocycles. The van der Waals surface area contributed by atoms with E-state index in [2.05, 4.69) is 18.9 Å². The minimum Gasteiger partial charge on any atom is -0.505 e. The van der Waals surface area contributed by atoms with Gasteiger partial charge in [0, 0.05) is 11.6 Å². The maximum Gasteiger partial charge on any atom is 0.278 e. The van der Waals surface area contributed by atoms with Crippen molar-refractivity contribution in [3.05, 3.63) is 80.7 Å². The lowest BCUT2D eigenvalue weighted by Crippen LogP contribution is -2.27. The van der Waals surface area contributed by atoms with Gasteiger partial charge in [0.25, 0.3) is 5.56 Å². The Labute approximate surface area is 170 Å². The van der Waals surface area contributed by atoms with E-state index in [4.69, 9.17) is 11.6 Å². The van der Waals surface area contributed by atoms with Gasteiger partial charge in [-0.15, -0.1) is 0 Å². The number of hydrogen-bond donors (Lipinski definition) is 1. The second kappa shape index (κ2) is 8.61. The SMILES string of the molecule is Cc1ccccc1-c1c(O)c(CC(C)C)nn(CCc2ccccc2Cl)c1=O. The van der Waals surface area contributed by atoms with Gasteiger partial charge >= 0.3 is 0 Å². The Morgan fingerprint density at radius 1 is 1.11 bits per heavy atom. The van der Waals surface area contributed by atoms with Crippen molar-refractivity contribution in [3.63, 3.8) is 0 Å². The van der Waals surface area contributed by atoms with Crippen LogP contribution in [-0.4, -0.2) is 14.9 Å². The molecule has 0 amide bonds. The van der Waals surface area contributed by atoms with E-state index < -0.39 is 0 Å². The maximum absolute atomic E-state index is 13.2. The normalized spacial score (nSPS) is 11.2. The first kappa shape index (κ1) is 20.2. The van der Waals surface area contributed by atoms with Crippen molar-refractivity contribution in [2.24, 2.45) is 5.92 Å². The van der Waals surface area contributed by atoms with Crippen molar-refractivity contribution >= 4 is 11.6 Å². The summed E-state index contributed by atoms with van der Waals surface area (Å²) in [5, 5.41) is 16.0. The third-order valence-corrected chi connectivity index (χ3v) is 5.14. The van der Waals surface area contributed by atoms with E-state index in [-0.39, 0.29) is 11.3 Å². The Bertz CT molecular complexity index is 1040. The van der Waals surface area contributed by atoms with Crippen LogP contribution in [0.4, 0.5) is 0 Å². The van der Waals surface area contributed by atoms with E-state index in [0.29, 0.717) is 41.6 Å². The molecule has 28 heavy (non-hydrogen) atoms. The second-order valence-corrected chi connectivity index (χ2v) is 7.86. The highest BCUT2D eigenvalue weighted by Gasteiger charge is 2.20. The van der Waals surface area contributed by atoms with E-state index in [0.717, 1.165) is 16.7 Å². The predicted molar refractivity (Wildman–Crippen MR) is 114 cm³/mol. The summed E-state index contributed by atoms with van der Waals surface area (Å²) in [5.41, 5.74) is 3.23. The van der Waals surface area contributed by atoms with Crippen molar-refractivity contribution in [3.8, 4) is 16.9 Å². The van der Waals surface area contributed by atoms with Crippen LogP contribution < -0.4 is 5.56 Å². The summed E-state index contributed by atoms with van der Waals surface area (Å²) in [7, 11) is 0. The Hall–Kier alpha value is -2.59. The topological polar surface area (TPSA) is 55.1 Å². The van der Waals surface area contributed by atoms with Crippen LogP contribution in [0.25, 0.3) is 11.1 Å². The van der Waals surface area contributed by atoms with Crippen molar-refractivity contribution in [2.75, 3.05) is 0 Å². The third kappa shape index (κ3) is 4.28. The molecular weight excluding hydrogens is 372 g/mol. The first-order valence-electron chi connectivity index (χ1n) is 9.50. The molecule has 0 fully saturated rings. The number of hydrogen-bond acceptors (Lipinski definition) is 3. The Morgan fingerprint density at radius 3 is 2.46 bits per heavy atom. The molecule has 0 aliphatic carbocycles. The fraction of sp³-hybridized carbons (Fsp3) is 0.304. The monoisotopic (exact) mass is 396 g/mol. The zero-order valence-electron chi connectivity index (χ0n) is 16.4. The summed E-state index contributed by atoms with van der Waals surface area (Å²) in [6.07, 6.45) is 1.18. The molecule has 0 aliphatic rings. The molecular formula is C23H25ClN2O2. The van der Waals surface area contributed by atoms with Crippen LogP contribution in [0.15, 0.2) is 53.3 Å². The molecule has 0 aliphatic heterocycles. The van der Waals surface area contributed by atoms with Gasteiger partial charge in [-0.3, -0.25) is 4.79 Å². The summed E-state index contributed by atoms with van der Waals surface area (Å²) in [4.78, 5) is 13.2. The molecule has 1 N–H and O–H groups in total. The molecule has 1 aromatic heterocycles. The smallest absolute Gasteiger partial charge is 0.278 e. The first-order chi connectivity index (χ1) is 13.4. The lowest BCUT2D eigenvalue weighted by atomic mass is 9.98. The quantitative estimate of drug-likeness (QED) is 0.636. The van der Waals surface area contributed by atoms with Crippen LogP contribution in [0.3, 0.4) is 0 Å². The molecule has 3 aromatic rings. The standard InChI is InChI=1S/C23H25ClN2O2/c1-15(2)14-20-22(27)21(18-10-6-4-8-16(18)3)23(28)26(25-20)13-12-17-9-5-7-11-19(17)24/h4-11,15,27H,12-14H2,1-3H3. The Kier molecular flexibility index (Phi) is 6.20. The molecule has 0 unspecified atom stereocenters. The molecule has 0 bridgehead atoms. The van der Waals surface area contributed by atoms with Crippen LogP contribution in [0.1, 0.15) is 30.7 Å². The number of halogens is 1. The summed E-state index contributed by atoms with van der Waals surface area (Å²) < 4.78 is 1.46. The molecule has 0 spiro atoms. The highest BCUT2D eigenvalue weighted by atomic mass is 35.5. The van der Waals surface area contributed by atoms with Gasteiger partial charge in [-0.1, -0.05) is 67.9 Å². The lowest BCUT2D eigenvalue weighted by Gasteiger charge is -2.16. The van der Waals surface area contributed by atoms with Gasteiger partial charge in [-0.25, -0.2) is 4.68 Å². The molecule has 2 aromatic carbocycles. The minimum atomic E-state index is -0.286. The average molecular weight is 397 g/mol. The maximum atomic E-state index is 13.2. The first-order valence-corrected chi connectivity index (χ1v) is 9.88. The van der Waals surface area contributed by atoms with Gasteiger partial charge in [0.05, 0.1) is 5.56 Å². The van der Waals surface area contributed by atoms with E-state index in [9.17, 15) is 9.90 Å². The number of aromatic hydroxyl groups is 1. The number of nitrogens with zero attached hydrogens (tertiary/aromatic N) is 2. The van der Waals surface area contributed by atoms with Crippen LogP contribution >= 0.6 is 11.6 Å². The molecule has 4 nitrogen and oxygen atoms in total. The molecule has 0 saturated heterocycles. The van der Waals surface area contributed by atoms with Gasteiger partial charge in [0.15, 0.2) is 5.75 Å². The van der Waals surface area contributed by atoms with Crippen LogP contribution in [0, 0.1) is 12.8 Å². The van der Waals surface area contributed by atoms with Crippen LogP contribution in [0.2, 0.25) is 5.02 Å². The minimum absolute atomic E-state index is 0.0120. The zero-order chi connectivity index (χ0) is 20.3. The molecule has 0 radical (unpaired) electrons. The fourth-order valence-corrected chi connectivity index (χ4v) is 3.54. The number of rotatable bonds is 6. The second-order valence-electron chi connectivity index (χ2n) is 7.45. The van der Waals surface area contributed by atoms with Gasteiger partial charge in [-0.05, 0) is 48.4 Å². The molecule has 0 atom stereocenters. The van der Waals surface area contributed by atoms with E-state index in [1.807, 2.05) is 55.5 Å². The average Bonchev–Trinajstić information content (AvgIpc) is 2.65. The lowest BCUT2D eigenvalue weighted by molar-refractivity contribution is 0.440. The molecule has 0 saturated carbocycles. The van der Waals surface area contributed by atoms with Gasteiger partial charge in [0.2, 0.25) is 0 Å². The summed E-state index contributed by atoms with van der Waals surface area (Å²) in [6.45, 7) is 6.46. The predicted octanol–water partition coefficient (Wildman–Crippen LogP) is 5.02. The summed E-state index contributed by atoms with van der Waals surface area (Å²) >= 11 is 6.26. The van der Waals surface area contributed by atoms with Crippen molar-refractivity contribution in [1.29, 1.82) is 0 Å². The Balaban J connectivity index is 2.09. The summed E-state index contributed by atoms with van der Waals surface area (Å²) in [5.74, 6) is 0.291. The van der Waals surface area contributed by atoms with Crippen molar-refractivity contribution in [2.45, 2.75) is 40.2 Å². The number of aryl methyl sites for hydroxylation is 3. The van der Waals surface area contributed by atoms with Crippen LogP contribution in [-0.2, 0) is 19.4 Å². The van der Waals surface area contributed by atoms with Gasteiger partial charge in [0.1, 0.15) is 5.69 Å². The van der Waals surface area contributed by atoms with Crippen LogP contribution in [0.5, 0.6) is 5.75 Å². The fourth-order valence-electron chi connectivity index (χ4n) is 3.31. The largest absolute Gasteiger partial charge is 0.505 e. The van der Waals surface area contributed by atoms with E-state index >= 15 is 0 Å². The zero-order valence-corrected chi connectivity index (χ0v) is 17.2. The summed E-state index contributed by atoms with van der Waals surface area (Å²) in [6, 6.07) is 15.2. The van der Waals surface area contributed by atoms with E-state index in [1.165, 1.54) is 4.68 Å². The van der Waals surface area contributed by atoms with Gasteiger partial charge < -0.3 is 5.11 Å². The highest BCUT2D eigenvalue weighted by molar-refractivity contribution is 6.31. The van der Waals surface area contributed by atoms with E-state index in [1.54, 1.807) is 0 Å². The molecule has 5 heteroatoms. The molecule has 3 rings (SSSR count). The number of benzene rings is 2.